The molecule has 30 heavy (non-hydrogen) atoms. The molecular formula is C24H22O6. The number of ether oxygens (including phenoxy) is 5. The number of carbonyl (C=O) groups is 1. The van der Waals surface area contributed by atoms with Crippen molar-refractivity contribution in [1.82, 2.24) is 0 Å². The summed E-state index contributed by atoms with van der Waals surface area (Å²) in [6, 6.07) is 21.7. The van der Waals surface area contributed by atoms with Gasteiger partial charge in [-0.2, -0.15) is 0 Å². The third-order valence-electron chi connectivity index (χ3n) is 4.13. The third kappa shape index (κ3) is 5.11. The Hall–Kier alpha value is -3.93. The molecule has 0 heterocycles. The maximum absolute atomic E-state index is 12.2. The van der Waals surface area contributed by atoms with Crippen LogP contribution < -0.4 is 14.2 Å². The van der Waals surface area contributed by atoms with Crippen LogP contribution in [0.2, 0.25) is 0 Å². The van der Waals surface area contributed by atoms with Crippen molar-refractivity contribution < 1.29 is 28.5 Å². The van der Waals surface area contributed by atoms with Crippen molar-refractivity contribution >= 4 is 11.5 Å². The maximum atomic E-state index is 12.2. The normalized spacial score (nSPS) is 10.8. The van der Waals surface area contributed by atoms with E-state index in [1.54, 1.807) is 43.5 Å². The fourth-order valence-corrected chi connectivity index (χ4v) is 2.76. The summed E-state index contributed by atoms with van der Waals surface area (Å²) in [6.07, 6.45) is 1.33. The van der Waals surface area contributed by atoms with Gasteiger partial charge in [0.05, 0.1) is 27.6 Å². The second-order valence-corrected chi connectivity index (χ2v) is 6.11. The van der Waals surface area contributed by atoms with Crippen molar-refractivity contribution in [2.75, 3.05) is 21.3 Å². The lowest BCUT2D eigenvalue weighted by Crippen LogP contribution is -2.05. The van der Waals surface area contributed by atoms with E-state index in [0.29, 0.717) is 34.3 Å². The first-order valence-corrected chi connectivity index (χ1v) is 9.15. The molecule has 6 heteroatoms. The number of carbonyl (C=O) groups excluding carboxylic acids is 1. The molecule has 0 saturated heterocycles. The first-order valence-electron chi connectivity index (χ1n) is 9.15. The fraction of sp³-hybridized carbons (Fsp3) is 0.125. The Kier molecular flexibility index (Phi) is 6.95. The average Bonchev–Trinajstić information content (AvgIpc) is 2.78. The van der Waals surface area contributed by atoms with Crippen LogP contribution in [-0.2, 0) is 14.3 Å². The molecule has 3 aromatic carbocycles. The molecule has 0 atom stereocenters. The van der Waals surface area contributed by atoms with Crippen molar-refractivity contribution in [1.29, 1.82) is 0 Å². The molecule has 6 nitrogen and oxygen atoms in total. The van der Waals surface area contributed by atoms with Crippen LogP contribution in [-0.4, -0.2) is 27.3 Å². The van der Waals surface area contributed by atoms with Gasteiger partial charge in [-0.1, -0.05) is 30.3 Å². The van der Waals surface area contributed by atoms with Crippen LogP contribution in [0, 0.1) is 0 Å². The standard InChI is InChI=1S/C24H22O6/c1-26-16-22(24(25)28-3)21-12-4-5-13-23(21)30-20-11-7-10-19(15-20)29-18-9-6-8-17(14-18)27-2/h4-16H,1-3H3. The third-order valence-corrected chi connectivity index (χ3v) is 4.13. The molecule has 0 saturated carbocycles. The topological polar surface area (TPSA) is 63.2 Å². The zero-order chi connectivity index (χ0) is 21.3. The highest BCUT2D eigenvalue weighted by Gasteiger charge is 2.18. The molecule has 0 N–H and O–H groups in total. The molecule has 0 radical (unpaired) electrons. The van der Waals surface area contributed by atoms with Gasteiger partial charge >= 0.3 is 5.97 Å². The quantitative estimate of drug-likeness (QED) is 0.282. The summed E-state index contributed by atoms with van der Waals surface area (Å²) in [4.78, 5) is 12.2. The number of benzene rings is 3. The van der Waals surface area contributed by atoms with Gasteiger partial charge < -0.3 is 23.7 Å². The van der Waals surface area contributed by atoms with E-state index in [-0.39, 0.29) is 5.57 Å². The Balaban J connectivity index is 1.86. The van der Waals surface area contributed by atoms with Gasteiger partial charge in [-0.15, -0.1) is 0 Å². The van der Waals surface area contributed by atoms with Gasteiger partial charge in [0.1, 0.15) is 34.3 Å². The summed E-state index contributed by atoms with van der Waals surface area (Å²) in [5.41, 5.74) is 0.796. The summed E-state index contributed by atoms with van der Waals surface area (Å²) < 4.78 is 27.1. The second-order valence-electron chi connectivity index (χ2n) is 6.11. The highest BCUT2D eigenvalue weighted by molar-refractivity contribution is 6.17. The maximum Gasteiger partial charge on any atom is 0.341 e. The first kappa shape index (κ1) is 20.8. The van der Waals surface area contributed by atoms with Crippen LogP contribution in [0.15, 0.2) is 79.1 Å². The average molecular weight is 406 g/mol. The second kappa shape index (κ2) is 10.0. The van der Waals surface area contributed by atoms with Gasteiger partial charge in [-0.3, -0.25) is 0 Å². The summed E-state index contributed by atoms with van der Waals surface area (Å²) in [6.45, 7) is 0. The molecule has 0 aliphatic rings. The lowest BCUT2D eigenvalue weighted by Gasteiger charge is -2.13. The number of rotatable bonds is 8. The van der Waals surface area contributed by atoms with Crippen molar-refractivity contribution in [3.8, 4) is 28.7 Å². The molecule has 0 aliphatic carbocycles. The molecule has 3 rings (SSSR count). The van der Waals surface area contributed by atoms with Crippen molar-refractivity contribution in [2.24, 2.45) is 0 Å². The van der Waals surface area contributed by atoms with E-state index in [2.05, 4.69) is 0 Å². The summed E-state index contributed by atoms with van der Waals surface area (Å²) in [5.74, 6) is 2.44. The number of hydrogen-bond donors (Lipinski definition) is 0. The molecule has 0 bridgehead atoms. The Morgan fingerprint density at radius 1 is 0.733 bits per heavy atom. The summed E-state index contributed by atoms with van der Waals surface area (Å²) >= 11 is 0. The first-order chi connectivity index (χ1) is 14.6. The minimum Gasteiger partial charge on any atom is -0.503 e. The Morgan fingerprint density at radius 2 is 1.33 bits per heavy atom. The molecule has 0 fully saturated rings. The van der Waals surface area contributed by atoms with Crippen LogP contribution in [0.1, 0.15) is 5.56 Å². The van der Waals surface area contributed by atoms with Gasteiger partial charge in [0.2, 0.25) is 0 Å². The summed E-state index contributed by atoms with van der Waals surface area (Å²) in [7, 11) is 4.38. The molecule has 0 aromatic heterocycles. The molecule has 0 aliphatic heterocycles. The zero-order valence-corrected chi connectivity index (χ0v) is 17.0. The lowest BCUT2D eigenvalue weighted by molar-refractivity contribution is -0.133. The Morgan fingerprint density at radius 3 is 1.97 bits per heavy atom. The number of methoxy groups -OCH3 is 3. The smallest absolute Gasteiger partial charge is 0.341 e. The zero-order valence-electron chi connectivity index (χ0n) is 17.0. The minimum absolute atomic E-state index is 0.249. The Bertz CT molecular complexity index is 1040. The van der Waals surface area contributed by atoms with E-state index in [1.165, 1.54) is 20.5 Å². The minimum atomic E-state index is -0.525. The summed E-state index contributed by atoms with van der Waals surface area (Å²) in [5, 5.41) is 0. The Labute approximate surface area is 175 Å². The van der Waals surface area contributed by atoms with Gasteiger partial charge in [0.25, 0.3) is 0 Å². The predicted molar refractivity (Wildman–Crippen MR) is 113 cm³/mol. The number of para-hydroxylation sites is 1. The highest BCUT2D eigenvalue weighted by Crippen LogP contribution is 2.33. The molecule has 0 spiro atoms. The molecule has 3 aromatic rings. The molecular weight excluding hydrogens is 384 g/mol. The van der Waals surface area contributed by atoms with E-state index in [4.69, 9.17) is 23.7 Å². The van der Waals surface area contributed by atoms with Gasteiger partial charge in [0.15, 0.2) is 0 Å². The molecule has 154 valence electrons. The van der Waals surface area contributed by atoms with Gasteiger partial charge in [-0.05, 0) is 30.3 Å². The van der Waals surface area contributed by atoms with Crippen molar-refractivity contribution in [2.45, 2.75) is 0 Å². The van der Waals surface area contributed by atoms with Crippen LogP contribution in [0.4, 0.5) is 0 Å². The number of hydrogen-bond acceptors (Lipinski definition) is 6. The van der Waals surface area contributed by atoms with E-state index >= 15 is 0 Å². The lowest BCUT2D eigenvalue weighted by atomic mass is 10.1. The number of esters is 1. The highest BCUT2D eigenvalue weighted by atomic mass is 16.5. The van der Waals surface area contributed by atoms with Crippen LogP contribution in [0.25, 0.3) is 5.57 Å². The van der Waals surface area contributed by atoms with E-state index in [9.17, 15) is 4.79 Å². The largest absolute Gasteiger partial charge is 0.503 e. The molecule has 0 amide bonds. The van der Waals surface area contributed by atoms with E-state index in [0.717, 1.165) is 0 Å². The SMILES string of the molecule is COC=C(C(=O)OC)c1ccccc1Oc1cccc(Oc2cccc(OC)c2)c1. The van der Waals surface area contributed by atoms with Crippen molar-refractivity contribution in [3.05, 3.63) is 84.6 Å². The predicted octanol–water partition coefficient (Wildman–Crippen LogP) is 5.44. The van der Waals surface area contributed by atoms with Gasteiger partial charge in [-0.25, -0.2) is 4.79 Å². The van der Waals surface area contributed by atoms with Gasteiger partial charge in [0, 0.05) is 17.7 Å². The van der Waals surface area contributed by atoms with Crippen LogP contribution >= 0.6 is 0 Å². The fourth-order valence-electron chi connectivity index (χ4n) is 2.76. The van der Waals surface area contributed by atoms with Crippen molar-refractivity contribution in [3.63, 3.8) is 0 Å². The molecule has 0 unspecified atom stereocenters. The van der Waals surface area contributed by atoms with Crippen LogP contribution in [0.5, 0.6) is 28.7 Å². The van der Waals surface area contributed by atoms with E-state index in [1.807, 2.05) is 36.4 Å². The van der Waals surface area contributed by atoms with Crippen LogP contribution in [0.3, 0.4) is 0 Å². The monoisotopic (exact) mass is 406 g/mol. The van der Waals surface area contributed by atoms with E-state index < -0.39 is 5.97 Å².